The molecular formula is H6NO2PS. The van der Waals surface area contributed by atoms with Crippen molar-refractivity contribution < 1.29 is 8.42 Å². The van der Waals surface area contributed by atoms with Gasteiger partial charge in [0.25, 0.3) is 0 Å². The molecule has 0 rings (SSSR count). The molecule has 0 heterocycles. The van der Waals surface area contributed by atoms with Gasteiger partial charge in [0.05, 0.1) is 0 Å². The molecule has 3 N–H and O–H groups in total. The SMILES string of the molecule is N.O=[SH](=O)P. The van der Waals surface area contributed by atoms with Crippen molar-refractivity contribution in [3.05, 3.63) is 0 Å². The lowest BCUT2D eigenvalue weighted by Gasteiger charge is -1.41. The highest BCUT2D eigenvalue weighted by atomic mass is 32.7. The van der Waals surface area contributed by atoms with Crippen LogP contribution in [0.25, 0.3) is 0 Å². The second-order valence-electron chi connectivity index (χ2n) is 0.285. The Bertz CT molecular complexity index is 58.0. The average Bonchev–Trinajstić information content (AvgIpc) is 0.811. The molecule has 0 aromatic rings. The lowest BCUT2D eigenvalue weighted by atomic mass is 14.0. The zero-order valence-corrected chi connectivity index (χ0v) is 4.60. The molecule has 0 aliphatic carbocycles. The molecule has 0 aliphatic heterocycles. The van der Waals surface area contributed by atoms with Gasteiger partial charge in [-0.1, -0.05) is 0 Å². The van der Waals surface area contributed by atoms with Crippen LogP contribution in [-0.2, 0) is 10.3 Å². The predicted molar refractivity (Wildman–Crippen MR) is 25.0 cm³/mol. The molecule has 0 radical (unpaired) electrons. The molecule has 0 saturated heterocycles. The second-order valence-corrected chi connectivity index (χ2v) is 2.12. The minimum atomic E-state index is -2.20. The van der Waals surface area contributed by atoms with Crippen molar-refractivity contribution in [1.29, 1.82) is 0 Å². The maximum absolute atomic E-state index is 9.00. The van der Waals surface area contributed by atoms with Crippen LogP contribution >= 0.6 is 8.44 Å². The second kappa shape index (κ2) is 4.34. The van der Waals surface area contributed by atoms with Gasteiger partial charge in [-0.05, 0) is 8.44 Å². The van der Waals surface area contributed by atoms with Crippen LogP contribution in [0.3, 0.4) is 0 Å². The molecule has 1 atom stereocenters. The molecule has 3 nitrogen and oxygen atoms in total. The van der Waals surface area contributed by atoms with Gasteiger partial charge in [0, 0.05) is 0 Å². The summed E-state index contributed by atoms with van der Waals surface area (Å²) >= 11 is 0. The minimum Gasteiger partial charge on any atom is -0.344 e. The summed E-state index contributed by atoms with van der Waals surface area (Å²) in [6, 6.07) is 0. The fourth-order valence-electron chi connectivity index (χ4n) is 0. The fourth-order valence-corrected chi connectivity index (χ4v) is 0. The molecule has 1 unspecified atom stereocenters. The Kier molecular flexibility index (Phi) is 7.83. The molecule has 0 bridgehead atoms. The van der Waals surface area contributed by atoms with Gasteiger partial charge in [-0.25, -0.2) is 8.42 Å². The third-order valence-corrected chi connectivity index (χ3v) is 0. The van der Waals surface area contributed by atoms with E-state index in [0.717, 1.165) is 0 Å². The third kappa shape index (κ3) is 206. The Labute approximate surface area is 34.2 Å². The lowest BCUT2D eigenvalue weighted by Crippen LogP contribution is -1.39. The monoisotopic (exact) mass is 115 g/mol. The van der Waals surface area contributed by atoms with Crippen LogP contribution in [0.1, 0.15) is 0 Å². The highest BCUT2D eigenvalue weighted by Gasteiger charge is 1.44. The normalized spacial score (nSPS) is 6.80. The van der Waals surface area contributed by atoms with Gasteiger partial charge in [0.1, 0.15) is 0 Å². The van der Waals surface area contributed by atoms with Crippen LogP contribution in [0.5, 0.6) is 0 Å². The first-order chi connectivity index (χ1) is 1.73. The molecule has 0 aromatic carbocycles. The molecular weight excluding hydrogens is 109 g/mol. The Morgan fingerprint density at radius 2 is 1.40 bits per heavy atom. The number of rotatable bonds is 0. The van der Waals surface area contributed by atoms with Crippen molar-refractivity contribution in [2.24, 2.45) is 0 Å². The van der Waals surface area contributed by atoms with Crippen LogP contribution in [0.4, 0.5) is 0 Å². The van der Waals surface area contributed by atoms with Gasteiger partial charge in [-0.3, -0.25) is 0 Å². The summed E-state index contributed by atoms with van der Waals surface area (Å²) in [5.41, 5.74) is 0. The van der Waals surface area contributed by atoms with Crippen molar-refractivity contribution in [3.63, 3.8) is 0 Å². The van der Waals surface area contributed by atoms with E-state index < -0.39 is 10.3 Å². The first kappa shape index (κ1) is 9.02. The van der Waals surface area contributed by atoms with E-state index in [1.54, 1.807) is 8.44 Å². The fraction of sp³-hybridized carbons (Fsp3) is 0. The number of hydrogen-bond acceptors (Lipinski definition) is 3. The molecule has 0 aromatic heterocycles. The van der Waals surface area contributed by atoms with Gasteiger partial charge < -0.3 is 6.15 Å². The van der Waals surface area contributed by atoms with Crippen molar-refractivity contribution in [3.8, 4) is 0 Å². The van der Waals surface area contributed by atoms with Gasteiger partial charge in [-0.2, -0.15) is 0 Å². The molecule has 0 aliphatic rings. The van der Waals surface area contributed by atoms with E-state index >= 15 is 0 Å². The van der Waals surface area contributed by atoms with Crippen molar-refractivity contribution in [2.45, 2.75) is 0 Å². The van der Waals surface area contributed by atoms with E-state index in [-0.39, 0.29) is 6.15 Å². The third-order valence-electron chi connectivity index (χ3n) is 0. The van der Waals surface area contributed by atoms with Crippen molar-refractivity contribution in [1.82, 2.24) is 6.15 Å². The summed E-state index contributed by atoms with van der Waals surface area (Å²) in [5.74, 6) is 0. The van der Waals surface area contributed by atoms with E-state index in [1.165, 1.54) is 0 Å². The van der Waals surface area contributed by atoms with Gasteiger partial charge in [0.15, 0.2) is 10.3 Å². The van der Waals surface area contributed by atoms with E-state index in [2.05, 4.69) is 0 Å². The maximum Gasteiger partial charge on any atom is 0.151 e. The molecule has 5 heavy (non-hydrogen) atoms. The molecule has 0 fully saturated rings. The smallest absolute Gasteiger partial charge is 0.151 e. The van der Waals surface area contributed by atoms with Crippen LogP contribution in [0.15, 0.2) is 0 Å². The van der Waals surface area contributed by atoms with Crippen molar-refractivity contribution in [2.75, 3.05) is 0 Å². The Morgan fingerprint density at radius 3 is 1.40 bits per heavy atom. The Hall–Kier alpha value is 0.340. The van der Waals surface area contributed by atoms with E-state index in [9.17, 15) is 0 Å². The molecule has 34 valence electrons. The zero-order valence-electron chi connectivity index (χ0n) is 2.55. The first-order valence-corrected chi connectivity index (χ1v) is 3.42. The summed E-state index contributed by atoms with van der Waals surface area (Å²) in [5, 5.41) is 0. The number of thiol groups is 1. The van der Waals surface area contributed by atoms with E-state index in [1.807, 2.05) is 0 Å². The Morgan fingerprint density at radius 1 is 1.40 bits per heavy atom. The topological polar surface area (TPSA) is 69.1 Å². The van der Waals surface area contributed by atoms with Crippen LogP contribution in [-0.4, -0.2) is 8.42 Å². The summed E-state index contributed by atoms with van der Waals surface area (Å²) in [7, 11) is -0.593. The summed E-state index contributed by atoms with van der Waals surface area (Å²) in [4.78, 5) is 0. The number of hydrogen-bond donors (Lipinski definition) is 2. The Balaban J connectivity index is 0. The highest BCUT2D eigenvalue weighted by Crippen LogP contribution is 1.69. The van der Waals surface area contributed by atoms with E-state index in [4.69, 9.17) is 8.42 Å². The van der Waals surface area contributed by atoms with Crippen molar-refractivity contribution >= 4 is 18.8 Å². The standard InChI is InChI=1S/H3N.H3O2PS/c;1-4(2)3/h1H3;4H,3H2. The van der Waals surface area contributed by atoms with Gasteiger partial charge >= 0.3 is 0 Å². The molecule has 0 saturated carbocycles. The van der Waals surface area contributed by atoms with E-state index in [0.29, 0.717) is 0 Å². The van der Waals surface area contributed by atoms with Crippen LogP contribution in [0, 0.1) is 0 Å². The summed E-state index contributed by atoms with van der Waals surface area (Å²) in [6.45, 7) is 0. The zero-order chi connectivity index (χ0) is 3.58. The lowest BCUT2D eigenvalue weighted by molar-refractivity contribution is 0.626. The molecule has 0 amide bonds. The largest absolute Gasteiger partial charge is 0.344 e. The van der Waals surface area contributed by atoms with Crippen LogP contribution in [0.2, 0.25) is 0 Å². The summed E-state index contributed by atoms with van der Waals surface area (Å²) < 4.78 is 18.0. The highest BCUT2D eigenvalue weighted by molar-refractivity contribution is 8.25. The predicted octanol–water partition coefficient (Wildman–Crippen LogP) is -0.450. The quantitative estimate of drug-likeness (QED) is 0.332. The maximum atomic E-state index is 9.00. The van der Waals surface area contributed by atoms with Gasteiger partial charge in [-0.15, -0.1) is 0 Å². The van der Waals surface area contributed by atoms with Crippen LogP contribution < -0.4 is 6.15 Å². The first-order valence-electron chi connectivity index (χ1n) is 0.623. The molecule has 0 spiro atoms. The van der Waals surface area contributed by atoms with Gasteiger partial charge in [0.2, 0.25) is 0 Å². The molecule has 5 heteroatoms. The average molecular weight is 115 g/mol. The summed E-state index contributed by atoms with van der Waals surface area (Å²) in [6.07, 6.45) is 0. The minimum absolute atomic E-state index is 0.